The molecule has 8 heteroatoms. The van der Waals surface area contributed by atoms with Gasteiger partial charge in [0.1, 0.15) is 5.75 Å². The minimum absolute atomic E-state index is 0.242. The second-order valence-corrected chi connectivity index (χ2v) is 5.01. The van der Waals surface area contributed by atoms with Gasteiger partial charge in [-0.2, -0.15) is 0 Å². The molecule has 0 heterocycles. The maximum absolute atomic E-state index is 12.1. The molecule has 0 aromatic heterocycles. The first-order valence-corrected chi connectivity index (χ1v) is 7.13. The molecule has 0 aliphatic heterocycles. The van der Waals surface area contributed by atoms with Crippen molar-refractivity contribution < 1.29 is 32.2 Å². The Balaban J connectivity index is 1.86. The number of nitrogens with one attached hydrogen (secondary N) is 1. The molecule has 1 N–H and O–H groups in total. The predicted molar refractivity (Wildman–Crippen MR) is 83.2 cm³/mol. The molecule has 0 atom stereocenters. The van der Waals surface area contributed by atoms with Crippen LogP contribution in [0.5, 0.6) is 5.75 Å². The molecule has 0 aliphatic rings. The Morgan fingerprint density at radius 3 is 2.28 bits per heavy atom. The maximum atomic E-state index is 12.1. The molecule has 2 aromatic rings. The van der Waals surface area contributed by atoms with Gasteiger partial charge in [0.05, 0.1) is 5.56 Å². The zero-order valence-electron chi connectivity index (χ0n) is 13.1. The van der Waals surface area contributed by atoms with Crippen LogP contribution in [0.15, 0.2) is 48.5 Å². The second kappa shape index (κ2) is 7.69. The molecular weight excluding hydrogens is 339 g/mol. The van der Waals surface area contributed by atoms with Crippen molar-refractivity contribution in [1.82, 2.24) is 0 Å². The summed E-state index contributed by atoms with van der Waals surface area (Å²) in [6.07, 6.45) is -4.78. The lowest BCUT2D eigenvalue weighted by atomic mass is 10.1. The zero-order chi connectivity index (χ0) is 18.4. The van der Waals surface area contributed by atoms with Gasteiger partial charge in [-0.15, -0.1) is 13.2 Å². The second-order valence-electron chi connectivity index (χ2n) is 5.01. The summed E-state index contributed by atoms with van der Waals surface area (Å²) < 4.78 is 44.8. The highest BCUT2D eigenvalue weighted by atomic mass is 19.4. The van der Waals surface area contributed by atoms with Crippen LogP contribution < -0.4 is 10.1 Å². The Hall–Kier alpha value is -3.03. The fraction of sp³-hybridized carbons (Fsp3) is 0.176. The zero-order valence-corrected chi connectivity index (χ0v) is 13.1. The molecule has 0 bridgehead atoms. The van der Waals surface area contributed by atoms with Gasteiger partial charge in [-0.05, 0) is 42.8 Å². The molecule has 0 saturated heterocycles. The lowest BCUT2D eigenvalue weighted by molar-refractivity contribution is -0.274. The lowest BCUT2D eigenvalue weighted by Crippen LogP contribution is -2.21. The van der Waals surface area contributed by atoms with Crippen LogP contribution in [0, 0.1) is 6.92 Å². The van der Waals surface area contributed by atoms with E-state index in [0.717, 1.165) is 12.1 Å². The van der Waals surface area contributed by atoms with Gasteiger partial charge in [0, 0.05) is 5.69 Å². The summed E-state index contributed by atoms with van der Waals surface area (Å²) in [5.74, 6) is -1.66. The Kier molecular flexibility index (Phi) is 5.63. The van der Waals surface area contributed by atoms with Crippen molar-refractivity contribution in [2.75, 3.05) is 11.9 Å². The quantitative estimate of drug-likeness (QED) is 0.833. The number of rotatable bonds is 5. The van der Waals surface area contributed by atoms with Gasteiger partial charge in [-0.25, -0.2) is 4.79 Å². The molecule has 0 aliphatic carbocycles. The summed E-state index contributed by atoms with van der Waals surface area (Å²) in [7, 11) is 0. The molecule has 0 saturated carbocycles. The van der Waals surface area contributed by atoms with Gasteiger partial charge in [-0.1, -0.05) is 18.2 Å². The van der Waals surface area contributed by atoms with Crippen molar-refractivity contribution in [2.24, 2.45) is 0 Å². The first-order valence-electron chi connectivity index (χ1n) is 7.13. The number of halogens is 3. The van der Waals surface area contributed by atoms with Gasteiger partial charge < -0.3 is 14.8 Å². The number of amides is 1. The SMILES string of the molecule is Cc1ccccc1C(=O)OCC(=O)Nc1ccc(OC(F)(F)F)cc1. The number of esters is 1. The number of carbonyl (C=O) groups is 2. The van der Waals surface area contributed by atoms with Crippen LogP contribution in [0.25, 0.3) is 0 Å². The Morgan fingerprint density at radius 1 is 1.04 bits per heavy atom. The van der Waals surface area contributed by atoms with Crippen LogP contribution in [0.4, 0.5) is 18.9 Å². The third-order valence-corrected chi connectivity index (χ3v) is 3.07. The van der Waals surface area contributed by atoms with Crippen molar-refractivity contribution >= 4 is 17.6 Å². The molecule has 1 amide bonds. The number of hydrogen-bond donors (Lipinski definition) is 1. The number of alkyl halides is 3. The summed E-state index contributed by atoms with van der Waals surface area (Å²) in [6.45, 7) is 1.22. The molecule has 0 fully saturated rings. The van der Waals surface area contributed by atoms with E-state index in [9.17, 15) is 22.8 Å². The number of hydrogen-bond acceptors (Lipinski definition) is 4. The molecule has 2 rings (SSSR count). The molecular formula is C17H14F3NO4. The van der Waals surface area contributed by atoms with E-state index in [-0.39, 0.29) is 5.69 Å². The van der Waals surface area contributed by atoms with Crippen LogP contribution in [0.1, 0.15) is 15.9 Å². The molecule has 0 spiro atoms. The maximum Gasteiger partial charge on any atom is 0.573 e. The molecule has 25 heavy (non-hydrogen) atoms. The van der Waals surface area contributed by atoms with E-state index in [0.29, 0.717) is 11.1 Å². The average Bonchev–Trinajstić information content (AvgIpc) is 2.53. The molecule has 2 aromatic carbocycles. The number of carbonyl (C=O) groups excluding carboxylic acids is 2. The molecule has 0 unspecified atom stereocenters. The van der Waals surface area contributed by atoms with Crippen LogP contribution in [0.2, 0.25) is 0 Å². The Bertz CT molecular complexity index is 757. The van der Waals surface area contributed by atoms with Gasteiger partial charge >= 0.3 is 12.3 Å². The number of ether oxygens (including phenoxy) is 2. The predicted octanol–water partition coefficient (Wildman–Crippen LogP) is 3.69. The highest BCUT2D eigenvalue weighted by Crippen LogP contribution is 2.23. The summed E-state index contributed by atoms with van der Waals surface area (Å²) in [6, 6.07) is 11.4. The van der Waals surface area contributed by atoms with E-state index in [1.54, 1.807) is 31.2 Å². The van der Waals surface area contributed by atoms with Crippen LogP contribution in [0.3, 0.4) is 0 Å². The lowest BCUT2D eigenvalue weighted by Gasteiger charge is -2.10. The highest BCUT2D eigenvalue weighted by molar-refractivity contribution is 5.96. The largest absolute Gasteiger partial charge is 0.573 e. The van der Waals surface area contributed by atoms with Crippen LogP contribution >= 0.6 is 0 Å². The molecule has 5 nitrogen and oxygen atoms in total. The van der Waals surface area contributed by atoms with E-state index in [1.807, 2.05) is 0 Å². The van der Waals surface area contributed by atoms with Crippen molar-refractivity contribution in [3.63, 3.8) is 0 Å². The first kappa shape index (κ1) is 18.3. The normalized spacial score (nSPS) is 10.9. The number of anilines is 1. The number of aryl methyl sites for hydroxylation is 1. The van der Waals surface area contributed by atoms with E-state index in [4.69, 9.17) is 4.74 Å². The third kappa shape index (κ3) is 5.83. The van der Waals surface area contributed by atoms with E-state index >= 15 is 0 Å². The minimum atomic E-state index is -4.78. The van der Waals surface area contributed by atoms with Crippen LogP contribution in [-0.4, -0.2) is 24.8 Å². The van der Waals surface area contributed by atoms with Gasteiger partial charge in [0.2, 0.25) is 0 Å². The Morgan fingerprint density at radius 2 is 1.68 bits per heavy atom. The molecule has 0 radical (unpaired) electrons. The average molecular weight is 353 g/mol. The first-order chi connectivity index (χ1) is 11.7. The monoisotopic (exact) mass is 353 g/mol. The van der Waals surface area contributed by atoms with Crippen molar-refractivity contribution in [3.05, 3.63) is 59.7 Å². The standard InChI is InChI=1S/C17H14F3NO4/c1-11-4-2-3-5-14(11)16(23)24-10-15(22)21-12-6-8-13(9-7-12)25-17(18,19)20/h2-9H,10H2,1H3,(H,21,22). The Labute approximate surface area is 141 Å². The smallest absolute Gasteiger partial charge is 0.452 e. The van der Waals surface area contributed by atoms with E-state index in [1.165, 1.54) is 12.1 Å². The third-order valence-electron chi connectivity index (χ3n) is 3.07. The summed E-state index contributed by atoms with van der Waals surface area (Å²) in [5.41, 5.74) is 1.31. The summed E-state index contributed by atoms with van der Waals surface area (Å²) in [4.78, 5) is 23.6. The van der Waals surface area contributed by atoms with Crippen molar-refractivity contribution in [2.45, 2.75) is 13.3 Å². The van der Waals surface area contributed by atoms with Crippen molar-refractivity contribution in [1.29, 1.82) is 0 Å². The van der Waals surface area contributed by atoms with E-state index < -0.39 is 30.6 Å². The van der Waals surface area contributed by atoms with Gasteiger partial charge in [0.15, 0.2) is 6.61 Å². The minimum Gasteiger partial charge on any atom is -0.452 e. The fourth-order valence-corrected chi connectivity index (χ4v) is 1.95. The highest BCUT2D eigenvalue weighted by Gasteiger charge is 2.30. The van der Waals surface area contributed by atoms with Crippen LogP contribution in [-0.2, 0) is 9.53 Å². The summed E-state index contributed by atoms with van der Waals surface area (Å²) >= 11 is 0. The van der Waals surface area contributed by atoms with Gasteiger partial charge in [-0.3, -0.25) is 4.79 Å². The fourth-order valence-electron chi connectivity index (χ4n) is 1.95. The molecule has 132 valence electrons. The van der Waals surface area contributed by atoms with Crippen molar-refractivity contribution in [3.8, 4) is 5.75 Å². The number of benzene rings is 2. The van der Waals surface area contributed by atoms with Gasteiger partial charge in [0.25, 0.3) is 5.91 Å². The topological polar surface area (TPSA) is 64.6 Å². The summed E-state index contributed by atoms with van der Waals surface area (Å²) in [5, 5.41) is 2.40. The van der Waals surface area contributed by atoms with E-state index in [2.05, 4.69) is 10.1 Å².